The molecule has 1 aromatic carbocycles. The van der Waals surface area contributed by atoms with Crippen LogP contribution in [0.15, 0.2) is 24.3 Å². The van der Waals surface area contributed by atoms with E-state index in [1.165, 1.54) is 6.07 Å². The molecule has 1 aliphatic heterocycles. The zero-order valence-corrected chi connectivity index (χ0v) is 9.99. The molecule has 4 heteroatoms. The van der Waals surface area contributed by atoms with Crippen LogP contribution in [0, 0.1) is 5.82 Å². The van der Waals surface area contributed by atoms with Gasteiger partial charge in [-0.15, -0.1) is 0 Å². The smallest absolute Gasteiger partial charge is 0.159 e. The van der Waals surface area contributed by atoms with Crippen molar-refractivity contribution in [1.29, 1.82) is 0 Å². The van der Waals surface area contributed by atoms with Crippen LogP contribution in [0.3, 0.4) is 0 Å². The number of halogens is 1. The van der Waals surface area contributed by atoms with Crippen LogP contribution in [0.25, 0.3) is 0 Å². The van der Waals surface area contributed by atoms with Crippen molar-refractivity contribution in [1.82, 2.24) is 5.32 Å². The fraction of sp³-hybridized carbons (Fsp3) is 0.538. The Kier molecular flexibility index (Phi) is 4.48. The molecule has 1 fully saturated rings. The molecule has 17 heavy (non-hydrogen) atoms. The highest BCUT2D eigenvalue weighted by molar-refractivity contribution is 5.21. The molecule has 1 aromatic rings. The number of benzene rings is 1. The second-order valence-corrected chi connectivity index (χ2v) is 4.04. The Morgan fingerprint density at radius 2 is 2.06 bits per heavy atom. The fourth-order valence-corrected chi connectivity index (χ4v) is 2.06. The summed E-state index contributed by atoms with van der Waals surface area (Å²) >= 11 is 0. The second-order valence-electron chi connectivity index (χ2n) is 4.04. The minimum atomic E-state index is -0.223. The predicted molar refractivity (Wildman–Crippen MR) is 63.1 cm³/mol. The lowest BCUT2D eigenvalue weighted by Gasteiger charge is -2.21. The molecule has 0 saturated carbocycles. The Hall–Kier alpha value is -0.970. The highest BCUT2D eigenvalue weighted by Gasteiger charge is 2.23. The summed E-state index contributed by atoms with van der Waals surface area (Å²) in [6.07, 6.45) is 0.410. The predicted octanol–water partition coefficient (Wildman–Crippen LogP) is 2.24. The monoisotopic (exact) mass is 239 g/mol. The molecule has 1 saturated heterocycles. The lowest BCUT2D eigenvalue weighted by Crippen LogP contribution is -2.26. The van der Waals surface area contributed by atoms with E-state index in [9.17, 15) is 4.39 Å². The van der Waals surface area contributed by atoms with Crippen LogP contribution in [0.2, 0.25) is 0 Å². The average molecular weight is 239 g/mol. The van der Waals surface area contributed by atoms with E-state index in [2.05, 4.69) is 5.32 Å². The van der Waals surface area contributed by atoms with Gasteiger partial charge in [-0.3, -0.25) is 0 Å². The quantitative estimate of drug-likeness (QED) is 0.854. The minimum absolute atomic E-state index is 0.0655. The highest BCUT2D eigenvalue weighted by Crippen LogP contribution is 2.24. The zero-order chi connectivity index (χ0) is 12.1. The maximum atomic E-state index is 13.7. The Morgan fingerprint density at radius 3 is 2.71 bits per heavy atom. The summed E-state index contributed by atoms with van der Waals surface area (Å²) < 4.78 is 24.5. The Bertz CT molecular complexity index is 353. The van der Waals surface area contributed by atoms with Crippen LogP contribution in [-0.2, 0) is 9.47 Å². The largest absolute Gasteiger partial charge is 0.350 e. The molecule has 0 spiro atoms. The van der Waals surface area contributed by atoms with E-state index in [4.69, 9.17) is 9.47 Å². The summed E-state index contributed by atoms with van der Waals surface area (Å²) in [4.78, 5) is 0. The Morgan fingerprint density at radius 1 is 1.35 bits per heavy atom. The molecule has 1 unspecified atom stereocenters. The fourth-order valence-electron chi connectivity index (χ4n) is 2.06. The topological polar surface area (TPSA) is 30.5 Å². The van der Waals surface area contributed by atoms with Gasteiger partial charge in [0, 0.05) is 18.0 Å². The van der Waals surface area contributed by atoms with Gasteiger partial charge in [-0.1, -0.05) is 25.1 Å². The van der Waals surface area contributed by atoms with Crippen LogP contribution in [-0.4, -0.2) is 26.0 Å². The van der Waals surface area contributed by atoms with Crippen molar-refractivity contribution >= 4 is 0 Å². The normalized spacial score (nSPS) is 18.5. The van der Waals surface area contributed by atoms with Crippen molar-refractivity contribution in [3.05, 3.63) is 35.6 Å². The molecule has 3 nitrogen and oxygen atoms in total. The molecule has 0 bridgehead atoms. The average Bonchev–Trinajstić information content (AvgIpc) is 2.82. The third-order valence-electron chi connectivity index (χ3n) is 2.85. The number of rotatable bonds is 5. The molecule has 94 valence electrons. The van der Waals surface area contributed by atoms with Crippen molar-refractivity contribution in [2.75, 3.05) is 19.8 Å². The summed E-state index contributed by atoms with van der Waals surface area (Å²) in [5, 5.41) is 3.27. The first kappa shape index (κ1) is 12.5. The van der Waals surface area contributed by atoms with Crippen molar-refractivity contribution in [2.24, 2.45) is 0 Å². The van der Waals surface area contributed by atoms with Gasteiger partial charge in [0.2, 0.25) is 0 Å². The summed E-state index contributed by atoms with van der Waals surface area (Å²) in [7, 11) is 0. The molecule has 1 aliphatic rings. The maximum absolute atomic E-state index is 13.7. The molecule has 1 atom stereocenters. The highest BCUT2D eigenvalue weighted by atomic mass is 19.1. The van der Waals surface area contributed by atoms with Gasteiger partial charge >= 0.3 is 0 Å². The standard InChI is InChI=1S/C13H18FNO2/c1-2-15-12(9-13-16-7-8-17-13)10-5-3-4-6-11(10)14/h3-6,12-13,15H,2,7-9H2,1H3. The minimum Gasteiger partial charge on any atom is -0.350 e. The van der Waals surface area contributed by atoms with Crippen molar-refractivity contribution in [3.63, 3.8) is 0 Å². The van der Waals surface area contributed by atoms with Crippen molar-refractivity contribution < 1.29 is 13.9 Å². The summed E-state index contributed by atoms with van der Waals surface area (Å²) in [5.74, 6) is -0.184. The third kappa shape index (κ3) is 3.25. The molecule has 0 amide bonds. The Labute approximate surface area is 101 Å². The first-order chi connectivity index (χ1) is 8.31. The van der Waals surface area contributed by atoms with E-state index >= 15 is 0 Å². The van der Waals surface area contributed by atoms with Gasteiger partial charge in [0.15, 0.2) is 6.29 Å². The SMILES string of the molecule is CCNC(CC1OCCO1)c1ccccc1F. The lowest BCUT2D eigenvalue weighted by molar-refractivity contribution is -0.0530. The van der Waals surface area contributed by atoms with Crippen molar-refractivity contribution in [2.45, 2.75) is 25.7 Å². The zero-order valence-electron chi connectivity index (χ0n) is 9.99. The molecule has 1 N–H and O–H groups in total. The first-order valence-corrected chi connectivity index (χ1v) is 6.02. The molecule has 2 rings (SSSR count). The molecule has 0 aromatic heterocycles. The molecule has 0 radical (unpaired) electrons. The van der Waals surface area contributed by atoms with Gasteiger partial charge in [0.05, 0.1) is 13.2 Å². The van der Waals surface area contributed by atoms with E-state index in [1.807, 2.05) is 13.0 Å². The van der Waals surface area contributed by atoms with E-state index in [0.717, 1.165) is 6.54 Å². The van der Waals surface area contributed by atoms with E-state index in [0.29, 0.717) is 25.2 Å². The molecule has 0 aliphatic carbocycles. The van der Waals surface area contributed by atoms with Crippen LogP contribution in [0.1, 0.15) is 24.9 Å². The number of nitrogens with one attached hydrogen (secondary N) is 1. The van der Waals surface area contributed by atoms with Gasteiger partial charge in [-0.25, -0.2) is 4.39 Å². The van der Waals surface area contributed by atoms with Gasteiger partial charge in [0.1, 0.15) is 5.82 Å². The van der Waals surface area contributed by atoms with E-state index < -0.39 is 0 Å². The number of ether oxygens (including phenoxy) is 2. The van der Waals surface area contributed by atoms with Gasteiger partial charge in [-0.2, -0.15) is 0 Å². The van der Waals surface area contributed by atoms with E-state index in [1.54, 1.807) is 12.1 Å². The van der Waals surface area contributed by atoms with Crippen LogP contribution >= 0.6 is 0 Å². The summed E-state index contributed by atoms with van der Waals surface area (Å²) in [6.45, 7) is 4.04. The third-order valence-corrected chi connectivity index (χ3v) is 2.85. The second kappa shape index (κ2) is 6.10. The molecule has 1 heterocycles. The first-order valence-electron chi connectivity index (χ1n) is 6.02. The van der Waals surface area contributed by atoms with Gasteiger partial charge < -0.3 is 14.8 Å². The van der Waals surface area contributed by atoms with Crippen LogP contribution in [0.4, 0.5) is 4.39 Å². The van der Waals surface area contributed by atoms with Gasteiger partial charge in [-0.05, 0) is 12.6 Å². The molecular weight excluding hydrogens is 221 g/mol. The Balaban J connectivity index is 2.08. The summed E-state index contributed by atoms with van der Waals surface area (Å²) in [5.41, 5.74) is 0.674. The number of hydrogen-bond acceptors (Lipinski definition) is 3. The lowest BCUT2D eigenvalue weighted by atomic mass is 10.0. The molecular formula is C13H18FNO2. The van der Waals surface area contributed by atoms with Crippen LogP contribution < -0.4 is 5.32 Å². The maximum Gasteiger partial charge on any atom is 0.159 e. The number of hydrogen-bond donors (Lipinski definition) is 1. The van der Waals surface area contributed by atoms with E-state index in [-0.39, 0.29) is 18.1 Å². The van der Waals surface area contributed by atoms with Gasteiger partial charge in [0.25, 0.3) is 0 Å². The van der Waals surface area contributed by atoms with Crippen LogP contribution in [0.5, 0.6) is 0 Å². The van der Waals surface area contributed by atoms with Crippen molar-refractivity contribution in [3.8, 4) is 0 Å². The summed E-state index contributed by atoms with van der Waals surface area (Å²) in [6, 6.07) is 6.77.